The van der Waals surface area contributed by atoms with E-state index in [0.29, 0.717) is 5.56 Å². The van der Waals surface area contributed by atoms with E-state index in [2.05, 4.69) is 15.9 Å². The predicted octanol–water partition coefficient (Wildman–Crippen LogP) is 5.41. The molecule has 94 valence electrons. The average Bonchev–Trinajstić information content (AvgIpc) is 2.33. The molecular weight excluding hydrogens is 322 g/mol. The average molecular weight is 332 g/mol. The van der Waals surface area contributed by atoms with E-state index in [1.807, 2.05) is 31.2 Å². The molecule has 0 fully saturated rings. The van der Waals surface area contributed by atoms with Gasteiger partial charge in [-0.25, -0.2) is 8.78 Å². The highest BCUT2D eigenvalue weighted by Gasteiger charge is 2.18. The van der Waals surface area contributed by atoms with E-state index in [4.69, 9.17) is 11.6 Å². The van der Waals surface area contributed by atoms with Crippen LogP contribution in [0.5, 0.6) is 0 Å². The van der Waals surface area contributed by atoms with Crippen molar-refractivity contribution < 1.29 is 8.78 Å². The minimum Gasteiger partial charge on any atom is -0.204 e. The van der Waals surface area contributed by atoms with E-state index in [-0.39, 0.29) is 9.85 Å². The molecule has 4 heteroatoms. The summed E-state index contributed by atoms with van der Waals surface area (Å²) in [6.45, 7) is 1.96. The third kappa shape index (κ3) is 2.57. The highest BCUT2D eigenvalue weighted by atomic mass is 79.9. The first-order valence-corrected chi connectivity index (χ1v) is 6.64. The second-order valence-electron chi connectivity index (χ2n) is 4.01. The maximum Gasteiger partial charge on any atom is 0.160 e. The van der Waals surface area contributed by atoms with Crippen LogP contribution in [-0.2, 0) is 0 Å². The Morgan fingerprint density at radius 3 is 2.33 bits per heavy atom. The van der Waals surface area contributed by atoms with Crippen molar-refractivity contribution in [2.75, 3.05) is 0 Å². The largest absolute Gasteiger partial charge is 0.204 e. The third-order valence-corrected chi connectivity index (χ3v) is 4.09. The summed E-state index contributed by atoms with van der Waals surface area (Å²) >= 11 is 9.44. The van der Waals surface area contributed by atoms with Gasteiger partial charge in [0.15, 0.2) is 11.6 Å². The first-order valence-electron chi connectivity index (χ1n) is 5.34. The zero-order chi connectivity index (χ0) is 13.3. The molecule has 2 aromatic carbocycles. The molecule has 0 aliphatic heterocycles. The molecule has 0 radical (unpaired) electrons. The maximum atomic E-state index is 13.3. The van der Waals surface area contributed by atoms with Crippen molar-refractivity contribution >= 4 is 27.5 Å². The molecule has 0 aliphatic carbocycles. The SMILES string of the molecule is Cc1ccccc1C(Br)c1cc(F)c(F)cc1Cl. The Hall–Kier alpha value is -0.930. The summed E-state index contributed by atoms with van der Waals surface area (Å²) in [5.74, 6) is -1.83. The lowest BCUT2D eigenvalue weighted by atomic mass is 10.0. The van der Waals surface area contributed by atoms with Crippen molar-refractivity contribution in [3.8, 4) is 0 Å². The lowest BCUT2D eigenvalue weighted by Gasteiger charge is -2.15. The van der Waals surface area contributed by atoms with Crippen LogP contribution in [0.15, 0.2) is 36.4 Å². The summed E-state index contributed by atoms with van der Waals surface area (Å²) in [6, 6.07) is 9.82. The van der Waals surface area contributed by atoms with E-state index in [9.17, 15) is 8.78 Å². The quantitative estimate of drug-likeness (QED) is 0.510. The summed E-state index contributed by atoms with van der Waals surface area (Å²) < 4.78 is 26.3. The number of benzene rings is 2. The summed E-state index contributed by atoms with van der Waals surface area (Å²) in [4.78, 5) is -0.263. The van der Waals surface area contributed by atoms with E-state index >= 15 is 0 Å². The lowest BCUT2D eigenvalue weighted by Crippen LogP contribution is -1.99. The molecule has 0 aliphatic rings. The van der Waals surface area contributed by atoms with Crippen LogP contribution < -0.4 is 0 Å². The van der Waals surface area contributed by atoms with Gasteiger partial charge in [-0.3, -0.25) is 0 Å². The maximum absolute atomic E-state index is 13.3. The van der Waals surface area contributed by atoms with Gasteiger partial charge in [-0.1, -0.05) is 51.8 Å². The number of halogens is 4. The van der Waals surface area contributed by atoms with Gasteiger partial charge in [-0.2, -0.15) is 0 Å². The van der Waals surface area contributed by atoms with Gasteiger partial charge in [0.1, 0.15) is 0 Å². The third-order valence-electron chi connectivity index (χ3n) is 2.77. The lowest BCUT2D eigenvalue weighted by molar-refractivity contribution is 0.507. The molecule has 0 bridgehead atoms. The fourth-order valence-corrected chi connectivity index (χ4v) is 3.05. The van der Waals surface area contributed by atoms with Crippen LogP contribution >= 0.6 is 27.5 Å². The molecule has 1 unspecified atom stereocenters. The Kier molecular flexibility index (Phi) is 4.03. The Morgan fingerprint density at radius 1 is 1.06 bits per heavy atom. The Labute approximate surface area is 118 Å². The molecule has 0 saturated carbocycles. The van der Waals surface area contributed by atoms with Crippen molar-refractivity contribution in [2.45, 2.75) is 11.8 Å². The van der Waals surface area contributed by atoms with Crippen LogP contribution in [0.4, 0.5) is 8.78 Å². The zero-order valence-corrected chi connectivity index (χ0v) is 11.9. The molecule has 2 aromatic rings. The molecule has 18 heavy (non-hydrogen) atoms. The highest BCUT2D eigenvalue weighted by molar-refractivity contribution is 9.09. The fraction of sp³-hybridized carbons (Fsp3) is 0.143. The molecule has 2 rings (SSSR count). The van der Waals surface area contributed by atoms with Crippen molar-refractivity contribution in [3.05, 3.63) is 69.7 Å². The molecule has 1 atom stereocenters. The van der Waals surface area contributed by atoms with Crippen LogP contribution in [-0.4, -0.2) is 0 Å². The van der Waals surface area contributed by atoms with Gasteiger partial charge in [0.25, 0.3) is 0 Å². The van der Waals surface area contributed by atoms with E-state index in [0.717, 1.165) is 23.3 Å². The summed E-state index contributed by atoms with van der Waals surface area (Å²) in [6.07, 6.45) is 0. The van der Waals surface area contributed by atoms with Gasteiger partial charge >= 0.3 is 0 Å². The molecule has 0 nitrogen and oxygen atoms in total. The van der Waals surface area contributed by atoms with Crippen LogP contribution in [0.2, 0.25) is 5.02 Å². The van der Waals surface area contributed by atoms with E-state index in [1.165, 1.54) is 0 Å². The minimum absolute atomic E-state index is 0.207. The first-order chi connectivity index (χ1) is 8.50. The summed E-state index contributed by atoms with van der Waals surface area (Å²) in [5, 5.41) is 0.207. The highest BCUT2D eigenvalue weighted by Crippen LogP contribution is 2.37. The standard InChI is InChI=1S/C14H10BrClF2/c1-8-4-2-3-5-9(8)14(15)10-6-12(17)13(18)7-11(10)16/h2-7,14H,1H3. The fourth-order valence-electron chi connectivity index (χ4n) is 1.77. The minimum atomic E-state index is -0.937. The van der Waals surface area contributed by atoms with Gasteiger partial charge in [0.2, 0.25) is 0 Å². The first kappa shape index (κ1) is 13.5. The molecular formula is C14H10BrClF2. The number of hydrogen-bond donors (Lipinski definition) is 0. The zero-order valence-electron chi connectivity index (χ0n) is 9.55. The van der Waals surface area contributed by atoms with E-state index < -0.39 is 11.6 Å². The number of hydrogen-bond acceptors (Lipinski definition) is 0. The Morgan fingerprint density at radius 2 is 1.67 bits per heavy atom. The van der Waals surface area contributed by atoms with Gasteiger partial charge < -0.3 is 0 Å². The van der Waals surface area contributed by atoms with Crippen LogP contribution in [0.3, 0.4) is 0 Å². The van der Waals surface area contributed by atoms with Crippen molar-refractivity contribution in [1.29, 1.82) is 0 Å². The van der Waals surface area contributed by atoms with E-state index in [1.54, 1.807) is 0 Å². The van der Waals surface area contributed by atoms with Gasteiger partial charge in [-0.05, 0) is 35.7 Å². The van der Waals surface area contributed by atoms with Crippen LogP contribution in [0.1, 0.15) is 21.5 Å². The predicted molar refractivity (Wildman–Crippen MR) is 73.3 cm³/mol. The molecule has 0 N–H and O–H groups in total. The molecule has 0 aromatic heterocycles. The van der Waals surface area contributed by atoms with Gasteiger partial charge in [-0.15, -0.1) is 0 Å². The molecule has 0 saturated heterocycles. The molecule has 0 amide bonds. The second kappa shape index (κ2) is 5.37. The van der Waals surface area contributed by atoms with Crippen molar-refractivity contribution in [1.82, 2.24) is 0 Å². The Bertz CT molecular complexity index is 584. The number of alkyl halides is 1. The van der Waals surface area contributed by atoms with Crippen molar-refractivity contribution in [3.63, 3.8) is 0 Å². The summed E-state index contributed by atoms with van der Waals surface area (Å²) in [7, 11) is 0. The van der Waals surface area contributed by atoms with Gasteiger partial charge in [0, 0.05) is 5.02 Å². The molecule has 0 spiro atoms. The van der Waals surface area contributed by atoms with Gasteiger partial charge in [0.05, 0.1) is 4.83 Å². The summed E-state index contributed by atoms with van der Waals surface area (Å²) in [5.41, 5.74) is 2.55. The molecule has 0 heterocycles. The second-order valence-corrected chi connectivity index (χ2v) is 5.33. The smallest absolute Gasteiger partial charge is 0.160 e. The Balaban J connectivity index is 2.50. The van der Waals surface area contributed by atoms with Crippen LogP contribution in [0, 0.1) is 18.6 Å². The number of aryl methyl sites for hydroxylation is 1. The monoisotopic (exact) mass is 330 g/mol. The normalized spacial score (nSPS) is 12.5. The van der Waals surface area contributed by atoms with Crippen molar-refractivity contribution in [2.24, 2.45) is 0 Å². The number of rotatable bonds is 2. The topological polar surface area (TPSA) is 0 Å². The van der Waals surface area contributed by atoms with Crippen LogP contribution in [0.25, 0.3) is 0 Å².